The summed E-state index contributed by atoms with van der Waals surface area (Å²) in [7, 11) is 0. The number of aromatic nitrogens is 1. The van der Waals surface area contributed by atoms with E-state index in [0.29, 0.717) is 0 Å². The van der Waals surface area contributed by atoms with Gasteiger partial charge < -0.3 is 0 Å². The third-order valence-electron chi connectivity index (χ3n) is 4.60. The van der Waals surface area contributed by atoms with Gasteiger partial charge in [-0.05, 0) is 48.4 Å². The van der Waals surface area contributed by atoms with Gasteiger partial charge in [0.2, 0.25) is 5.69 Å². The molecule has 1 heteroatoms. The molecule has 4 aromatic rings. The fourth-order valence-corrected chi connectivity index (χ4v) is 3.46. The molecule has 0 aliphatic rings. The van der Waals surface area contributed by atoms with E-state index < -0.39 is 0 Å². The van der Waals surface area contributed by atoms with Crippen LogP contribution >= 0.6 is 0 Å². The number of fused-ring (bicyclic) bond motifs is 3. The lowest BCUT2D eigenvalue weighted by atomic mass is 9.96. The molecule has 0 unspecified atom stereocenters. The van der Waals surface area contributed by atoms with E-state index in [2.05, 4.69) is 104 Å². The summed E-state index contributed by atoms with van der Waals surface area (Å²) < 4.78 is 2.22. The van der Waals surface area contributed by atoms with Gasteiger partial charge in [-0.2, -0.15) is 4.57 Å². The molecule has 0 radical (unpaired) electrons. The predicted molar refractivity (Wildman–Crippen MR) is 103 cm³/mol. The van der Waals surface area contributed by atoms with E-state index in [0.717, 1.165) is 0 Å². The molecule has 0 spiro atoms. The van der Waals surface area contributed by atoms with Gasteiger partial charge in [-0.1, -0.05) is 48.5 Å². The molecule has 24 heavy (non-hydrogen) atoms. The average molecular weight is 310 g/mol. The molecule has 116 valence electrons. The Kier molecular flexibility index (Phi) is 3.62. The smallest absolute Gasteiger partial charge is 0.166 e. The number of hydrogen-bond acceptors (Lipinski definition) is 0. The maximum absolute atomic E-state index is 2.25. The number of pyridine rings is 1. The maximum Gasteiger partial charge on any atom is 0.226 e. The number of nitrogens with zero attached hydrogens (tertiary/aromatic N) is 1. The Morgan fingerprint density at radius 2 is 1.54 bits per heavy atom. The molecule has 0 bridgehead atoms. The Hall–Kier alpha value is -2.93. The van der Waals surface area contributed by atoms with Gasteiger partial charge in [-0.15, -0.1) is 0 Å². The average Bonchev–Trinajstić information content (AvgIpc) is 2.62. The van der Waals surface area contributed by atoms with Crippen LogP contribution < -0.4 is 4.57 Å². The highest BCUT2D eigenvalue weighted by Crippen LogP contribution is 2.32. The molecule has 1 aromatic heterocycles. The first-order valence-electron chi connectivity index (χ1n) is 8.34. The zero-order valence-corrected chi connectivity index (χ0v) is 14.0. The van der Waals surface area contributed by atoms with Gasteiger partial charge in [0.1, 0.15) is 0 Å². The van der Waals surface area contributed by atoms with Crippen LogP contribution in [0.15, 0.2) is 79.0 Å². The van der Waals surface area contributed by atoms with Gasteiger partial charge in [0, 0.05) is 11.5 Å². The van der Waals surface area contributed by atoms with Crippen molar-refractivity contribution in [3.63, 3.8) is 0 Å². The summed E-state index contributed by atoms with van der Waals surface area (Å²) in [6.07, 6.45) is 6.36. The molecule has 0 aliphatic heterocycles. The van der Waals surface area contributed by atoms with E-state index in [9.17, 15) is 0 Å². The van der Waals surface area contributed by atoms with Crippen LogP contribution in [0.1, 0.15) is 12.5 Å². The van der Waals surface area contributed by atoms with Crippen LogP contribution in [0, 0.1) is 6.92 Å². The Morgan fingerprint density at radius 1 is 0.750 bits per heavy atom. The van der Waals surface area contributed by atoms with Gasteiger partial charge >= 0.3 is 0 Å². The highest BCUT2D eigenvalue weighted by Gasteiger charge is 2.18. The molecular weight excluding hydrogens is 290 g/mol. The minimum atomic E-state index is 1.24. The standard InChI is InChI=1S/C23H20N/c1-3-15-24-16-14-21-20-11-7-5-9-18(20)12-13-22(21)23(24)19-10-6-4-8-17(19)2/h3-16H,1-2H3/q+1. The van der Waals surface area contributed by atoms with Crippen LogP contribution in [0.25, 0.3) is 39.0 Å². The molecule has 3 aromatic carbocycles. The van der Waals surface area contributed by atoms with Crippen molar-refractivity contribution in [2.75, 3.05) is 0 Å². The molecule has 0 amide bonds. The van der Waals surface area contributed by atoms with Crippen molar-refractivity contribution >= 4 is 27.7 Å². The minimum absolute atomic E-state index is 1.24. The second kappa shape index (κ2) is 5.93. The summed E-state index contributed by atoms with van der Waals surface area (Å²) in [4.78, 5) is 0. The van der Waals surface area contributed by atoms with Crippen LogP contribution in [0.5, 0.6) is 0 Å². The van der Waals surface area contributed by atoms with E-state index in [1.807, 2.05) is 0 Å². The Balaban J connectivity index is 2.18. The molecule has 0 aliphatic carbocycles. The Labute approximate surface area is 142 Å². The number of benzene rings is 3. The Bertz CT molecular complexity index is 1070. The first-order chi connectivity index (χ1) is 11.8. The summed E-state index contributed by atoms with van der Waals surface area (Å²) in [5.41, 5.74) is 3.81. The van der Waals surface area contributed by atoms with Gasteiger partial charge in [-0.3, -0.25) is 0 Å². The summed E-state index contributed by atoms with van der Waals surface area (Å²) in [6.45, 7) is 4.23. The highest BCUT2D eigenvalue weighted by molar-refractivity contribution is 6.10. The van der Waals surface area contributed by atoms with Crippen LogP contribution in [0.2, 0.25) is 0 Å². The van der Waals surface area contributed by atoms with Crippen molar-refractivity contribution in [1.82, 2.24) is 0 Å². The normalized spacial score (nSPS) is 11.6. The van der Waals surface area contributed by atoms with Crippen molar-refractivity contribution in [1.29, 1.82) is 0 Å². The number of rotatable bonds is 2. The molecule has 4 rings (SSSR count). The lowest BCUT2D eigenvalue weighted by Crippen LogP contribution is -2.29. The predicted octanol–water partition coefficient (Wildman–Crippen LogP) is 5.75. The molecule has 1 nitrogen and oxygen atoms in total. The van der Waals surface area contributed by atoms with Crippen molar-refractivity contribution in [3.05, 3.63) is 84.6 Å². The minimum Gasteiger partial charge on any atom is -0.166 e. The monoisotopic (exact) mass is 310 g/mol. The van der Waals surface area contributed by atoms with E-state index in [4.69, 9.17) is 0 Å². The van der Waals surface area contributed by atoms with Crippen LogP contribution in [-0.4, -0.2) is 0 Å². The number of aryl methyl sites for hydroxylation is 1. The molecule has 0 atom stereocenters. The lowest BCUT2D eigenvalue weighted by Gasteiger charge is -2.09. The zero-order chi connectivity index (χ0) is 16.5. The number of hydrogen-bond donors (Lipinski definition) is 0. The van der Waals surface area contributed by atoms with E-state index >= 15 is 0 Å². The molecule has 0 fully saturated rings. The summed E-state index contributed by atoms with van der Waals surface area (Å²) in [5.74, 6) is 0. The van der Waals surface area contributed by atoms with Crippen molar-refractivity contribution in [3.8, 4) is 11.3 Å². The second-order valence-electron chi connectivity index (χ2n) is 6.12. The van der Waals surface area contributed by atoms with Gasteiger partial charge in [0.25, 0.3) is 0 Å². The van der Waals surface area contributed by atoms with Gasteiger partial charge in [0.05, 0.1) is 10.9 Å². The third-order valence-corrected chi connectivity index (χ3v) is 4.60. The first-order valence-corrected chi connectivity index (χ1v) is 8.34. The van der Waals surface area contributed by atoms with E-state index in [-0.39, 0.29) is 0 Å². The first kappa shape index (κ1) is 14.6. The summed E-state index contributed by atoms with van der Waals surface area (Å²) in [6, 6.07) is 23.9. The van der Waals surface area contributed by atoms with Gasteiger partial charge in [0.15, 0.2) is 12.4 Å². The largest absolute Gasteiger partial charge is 0.226 e. The fraction of sp³-hybridized carbons (Fsp3) is 0.0870. The van der Waals surface area contributed by atoms with Crippen LogP contribution in [0.4, 0.5) is 0 Å². The van der Waals surface area contributed by atoms with Crippen molar-refractivity contribution in [2.24, 2.45) is 0 Å². The third kappa shape index (κ3) is 2.30. The van der Waals surface area contributed by atoms with Crippen LogP contribution in [-0.2, 0) is 0 Å². The van der Waals surface area contributed by atoms with Gasteiger partial charge in [-0.25, -0.2) is 0 Å². The topological polar surface area (TPSA) is 3.88 Å². The zero-order valence-electron chi connectivity index (χ0n) is 14.0. The SMILES string of the molecule is CC=C[n+]1ccc2c(ccc3ccccc32)c1-c1ccccc1C. The highest BCUT2D eigenvalue weighted by atomic mass is 14.9. The number of allylic oxidation sites excluding steroid dienone is 1. The molecule has 0 saturated heterocycles. The van der Waals surface area contributed by atoms with Crippen LogP contribution in [0.3, 0.4) is 0 Å². The summed E-state index contributed by atoms with van der Waals surface area (Å²) in [5, 5.41) is 5.16. The molecule has 0 N–H and O–H groups in total. The molecule has 0 saturated carbocycles. The summed E-state index contributed by atoms with van der Waals surface area (Å²) >= 11 is 0. The van der Waals surface area contributed by atoms with Crippen molar-refractivity contribution in [2.45, 2.75) is 13.8 Å². The molecular formula is C23H20N+. The van der Waals surface area contributed by atoms with E-state index in [1.54, 1.807) is 0 Å². The second-order valence-corrected chi connectivity index (χ2v) is 6.12. The maximum atomic E-state index is 2.25. The lowest BCUT2D eigenvalue weighted by molar-refractivity contribution is -0.554. The van der Waals surface area contributed by atoms with E-state index in [1.165, 1.54) is 38.4 Å². The Morgan fingerprint density at radius 3 is 2.38 bits per heavy atom. The van der Waals surface area contributed by atoms with Crippen molar-refractivity contribution < 1.29 is 4.57 Å². The fourth-order valence-electron chi connectivity index (χ4n) is 3.46. The quantitative estimate of drug-likeness (QED) is 0.328. The molecule has 1 heterocycles.